The van der Waals surface area contributed by atoms with Crippen molar-refractivity contribution in [2.24, 2.45) is 5.41 Å². The quantitative estimate of drug-likeness (QED) is 0.507. The summed E-state index contributed by atoms with van der Waals surface area (Å²) in [6, 6.07) is 0. The van der Waals surface area contributed by atoms with Gasteiger partial charge in [-0.15, -0.1) is 0 Å². The molecule has 3 heteroatoms. The van der Waals surface area contributed by atoms with Crippen LogP contribution in [0.4, 0.5) is 0 Å². The highest BCUT2D eigenvalue weighted by Crippen LogP contribution is 2.30. The van der Waals surface area contributed by atoms with E-state index in [1.165, 1.54) is 12.2 Å². The zero-order chi connectivity index (χ0) is 10.2. The molecule has 0 saturated carbocycles. The van der Waals surface area contributed by atoms with E-state index in [2.05, 4.69) is 0 Å². The molecule has 0 aromatic carbocycles. The van der Waals surface area contributed by atoms with Gasteiger partial charge in [0, 0.05) is 11.6 Å². The third-order valence-corrected chi connectivity index (χ3v) is 2.69. The van der Waals surface area contributed by atoms with Gasteiger partial charge in [-0.2, -0.15) is 0 Å². The van der Waals surface area contributed by atoms with Gasteiger partial charge in [0.1, 0.15) is 0 Å². The van der Waals surface area contributed by atoms with Crippen LogP contribution >= 0.6 is 22.6 Å². The van der Waals surface area contributed by atoms with Crippen molar-refractivity contribution in [3.8, 4) is 0 Å². The number of carbonyl (C=O) groups is 2. The molecule has 0 atom stereocenters. The van der Waals surface area contributed by atoms with Gasteiger partial charge in [-0.3, -0.25) is 9.59 Å². The molecular weight excluding hydrogens is 279 g/mol. The fraction of sp³-hybridized carbons (Fsp3) is 0.400. The van der Waals surface area contributed by atoms with Crippen molar-refractivity contribution in [1.82, 2.24) is 0 Å². The second-order valence-electron chi connectivity index (χ2n) is 4.03. The van der Waals surface area contributed by atoms with Gasteiger partial charge in [0.25, 0.3) is 0 Å². The molecule has 1 aliphatic carbocycles. The summed E-state index contributed by atoms with van der Waals surface area (Å²) in [6.45, 7) is 5.78. The standard InChI is InChI=1S/C10H11IO2/c1-10(2,3)6-4-9(13)7(11)5-8(6)12/h4-5H,1-3H3. The van der Waals surface area contributed by atoms with Gasteiger partial charge < -0.3 is 0 Å². The first kappa shape index (κ1) is 10.6. The van der Waals surface area contributed by atoms with Crippen LogP contribution in [-0.2, 0) is 9.59 Å². The molecule has 0 aromatic rings. The van der Waals surface area contributed by atoms with Crippen molar-refractivity contribution in [3.63, 3.8) is 0 Å². The minimum atomic E-state index is -0.249. The van der Waals surface area contributed by atoms with Gasteiger partial charge >= 0.3 is 0 Å². The first-order valence-electron chi connectivity index (χ1n) is 4.00. The Morgan fingerprint density at radius 1 is 1.08 bits per heavy atom. The normalized spacial score (nSPS) is 18.5. The Balaban J connectivity index is 3.11. The van der Waals surface area contributed by atoms with Crippen LogP contribution in [0, 0.1) is 5.41 Å². The number of halogens is 1. The summed E-state index contributed by atoms with van der Waals surface area (Å²) in [6.07, 6.45) is 2.85. The summed E-state index contributed by atoms with van der Waals surface area (Å²) in [5.41, 5.74) is 0.346. The van der Waals surface area contributed by atoms with E-state index in [0.717, 1.165) is 0 Å². The molecule has 0 aromatic heterocycles. The maximum Gasteiger partial charge on any atom is 0.192 e. The van der Waals surface area contributed by atoms with E-state index in [-0.39, 0.29) is 17.0 Å². The predicted molar refractivity (Wildman–Crippen MR) is 59.7 cm³/mol. The molecule has 1 aliphatic rings. The molecule has 0 heterocycles. The van der Waals surface area contributed by atoms with Crippen molar-refractivity contribution in [1.29, 1.82) is 0 Å². The zero-order valence-electron chi connectivity index (χ0n) is 7.85. The average Bonchev–Trinajstić information content (AvgIpc) is 1.94. The second kappa shape index (κ2) is 3.36. The van der Waals surface area contributed by atoms with Crippen LogP contribution < -0.4 is 0 Å². The van der Waals surface area contributed by atoms with E-state index in [4.69, 9.17) is 0 Å². The van der Waals surface area contributed by atoms with Crippen molar-refractivity contribution in [2.45, 2.75) is 20.8 Å². The molecule has 0 radical (unpaired) electrons. The van der Waals surface area contributed by atoms with Crippen LogP contribution in [0.3, 0.4) is 0 Å². The largest absolute Gasteiger partial charge is 0.290 e. The highest BCUT2D eigenvalue weighted by atomic mass is 127. The molecule has 0 aliphatic heterocycles. The van der Waals surface area contributed by atoms with Crippen LogP contribution in [0.5, 0.6) is 0 Å². The van der Waals surface area contributed by atoms with Gasteiger partial charge in [0.15, 0.2) is 11.6 Å². The Hall–Kier alpha value is -0.450. The van der Waals surface area contributed by atoms with Crippen LogP contribution in [0.15, 0.2) is 21.3 Å². The third-order valence-electron chi connectivity index (χ3n) is 1.84. The van der Waals surface area contributed by atoms with E-state index in [1.807, 2.05) is 43.4 Å². The first-order chi connectivity index (χ1) is 5.82. The fourth-order valence-electron chi connectivity index (χ4n) is 1.12. The highest BCUT2D eigenvalue weighted by molar-refractivity contribution is 14.1. The van der Waals surface area contributed by atoms with Crippen molar-refractivity contribution in [3.05, 3.63) is 21.3 Å². The molecule has 0 bridgehead atoms. The number of carbonyl (C=O) groups excluding carboxylic acids is 2. The van der Waals surface area contributed by atoms with Gasteiger partial charge in [-0.05, 0) is 34.1 Å². The van der Waals surface area contributed by atoms with Crippen LogP contribution in [-0.4, -0.2) is 11.6 Å². The highest BCUT2D eigenvalue weighted by Gasteiger charge is 2.27. The van der Waals surface area contributed by atoms with Crippen molar-refractivity contribution >= 4 is 34.2 Å². The summed E-state index contributed by atoms with van der Waals surface area (Å²) in [5.74, 6) is -0.110. The predicted octanol–water partition coefficient (Wildman–Crippen LogP) is 2.43. The maximum atomic E-state index is 11.5. The fourth-order valence-corrected chi connectivity index (χ4v) is 1.56. The molecular formula is C10H11IO2. The van der Waals surface area contributed by atoms with E-state index in [9.17, 15) is 9.59 Å². The Bertz CT molecular complexity index is 329. The number of allylic oxidation sites excluding steroid dienone is 4. The lowest BCUT2D eigenvalue weighted by Crippen LogP contribution is -2.21. The Kier molecular flexibility index (Phi) is 2.75. The molecule has 0 spiro atoms. The maximum absolute atomic E-state index is 11.5. The molecule has 0 amide bonds. The van der Waals surface area contributed by atoms with Crippen LogP contribution in [0.2, 0.25) is 0 Å². The molecule has 13 heavy (non-hydrogen) atoms. The van der Waals surface area contributed by atoms with Gasteiger partial charge in [0.05, 0.1) is 3.58 Å². The molecule has 0 fully saturated rings. The number of ketones is 2. The number of hydrogen-bond donors (Lipinski definition) is 0. The van der Waals surface area contributed by atoms with Gasteiger partial charge in [-0.25, -0.2) is 0 Å². The average molecular weight is 290 g/mol. The summed E-state index contributed by atoms with van der Waals surface area (Å²) in [4.78, 5) is 22.8. The lowest BCUT2D eigenvalue weighted by atomic mass is 9.81. The molecule has 0 unspecified atom stereocenters. The van der Waals surface area contributed by atoms with Crippen molar-refractivity contribution < 1.29 is 9.59 Å². The lowest BCUT2D eigenvalue weighted by molar-refractivity contribution is -0.115. The summed E-state index contributed by atoms with van der Waals surface area (Å²) >= 11 is 1.88. The van der Waals surface area contributed by atoms with E-state index in [1.54, 1.807) is 0 Å². The Morgan fingerprint density at radius 2 is 1.62 bits per heavy atom. The zero-order valence-corrected chi connectivity index (χ0v) is 10.0. The van der Waals surface area contributed by atoms with Gasteiger partial charge in [-0.1, -0.05) is 20.8 Å². The number of hydrogen-bond acceptors (Lipinski definition) is 2. The van der Waals surface area contributed by atoms with E-state index in [0.29, 0.717) is 9.15 Å². The molecule has 0 saturated heterocycles. The minimum Gasteiger partial charge on any atom is -0.290 e. The van der Waals surface area contributed by atoms with Crippen LogP contribution in [0.1, 0.15) is 20.8 Å². The summed E-state index contributed by atoms with van der Waals surface area (Å²) in [5, 5.41) is 0. The SMILES string of the molecule is CC(C)(C)C1=CC(=O)C(I)=CC1=O. The molecule has 1 rings (SSSR count). The van der Waals surface area contributed by atoms with E-state index < -0.39 is 0 Å². The monoisotopic (exact) mass is 290 g/mol. The molecule has 2 nitrogen and oxygen atoms in total. The molecule has 0 N–H and O–H groups in total. The second-order valence-corrected chi connectivity index (χ2v) is 5.19. The topological polar surface area (TPSA) is 34.1 Å². The minimum absolute atomic E-state index is 0.0449. The smallest absolute Gasteiger partial charge is 0.192 e. The number of rotatable bonds is 0. The Morgan fingerprint density at radius 3 is 2.08 bits per heavy atom. The third kappa shape index (κ3) is 2.27. The van der Waals surface area contributed by atoms with Gasteiger partial charge in [0.2, 0.25) is 0 Å². The van der Waals surface area contributed by atoms with Crippen molar-refractivity contribution in [2.75, 3.05) is 0 Å². The van der Waals surface area contributed by atoms with E-state index >= 15 is 0 Å². The van der Waals surface area contributed by atoms with Crippen LogP contribution in [0.25, 0.3) is 0 Å². The summed E-state index contributed by atoms with van der Waals surface area (Å²) in [7, 11) is 0. The molecule has 70 valence electrons. The first-order valence-corrected chi connectivity index (χ1v) is 5.08. The lowest BCUT2D eigenvalue weighted by Gasteiger charge is -2.22. The Labute approximate surface area is 91.2 Å². The summed E-state index contributed by atoms with van der Waals surface area (Å²) < 4.78 is 0.496.